The minimum atomic E-state index is 0.873. The second-order valence-electron chi connectivity index (χ2n) is 2.18. The van der Waals surface area contributed by atoms with Crippen molar-refractivity contribution in [3.8, 4) is 0 Å². The van der Waals surface area contributed by atoms with Crippen LogP contribution < -0.4 is 0 Å². The molecular weight excluding hydrogens is 144 g/mol. The zero-order valence-electron chi connectivity index (χ0n) is 6.17. The smallest absolute Gasteiger partial charge is 0.0465 e. The molecule has 10 heavy (non-hydrogen) atoms. The molecule has 0 aliphatic heterocycles. The molecule has 0 radical (unpaired) electrons. The van der Waals surface area contributed by atoms with Crippen molar-refractivity contribution >= 4 is 11.3 Å². The fourth-order valence-electron chi connectivity index (χ4n) is 0.846. The molecule has 0 aromatic carbocycles. The molecule has 0 unspecified atom stereocenters. The van der Waals surface area contributed by atoms with Crippen molar-refractivity contribution in [2.24, 2.45) is 0 Å². The molecule has 2 heteroatoms. The summed E-state index contributed by atoms with van der Waals surface area (Å²) in [4.78, 5) is 1.46. The Kier molecular flexibility index (Phi) is 3.47. The van der Waals surface area contributed by atoms with E-state index in [1.54, 1.807) is 7.11 Å². The number of rotatable bonds is 4. The van der Waals surface area contributed by atoms with E-state index in [1.165, 1.54) is 4.88 Å². The second-order valence-corrected chi connectivity index (χ2v) is 3.21. The Labute approximate surface area is 65.6 Å². The molecule has 1 aromatic rings. The number of methoxy groups -OCH3 is 1. The Balaban J connectivity index is 2.15. The van der Waals surface area contributed by atoms with Crippen molar-refractivity contribution in [1.29, 1.82) is 0 Å². The van der Waals surface area contributed by atoms with E-state index in [2.05, 4.69) is 17.5 Å². The Morgan fingerprint density at radius 2 is 2.50 bits per heavy atom. The maximum Gasteiger partial charge on any atom is 0.0465 e. The number of hydrogen-bond acceptors (Lipinski definition) is 2. The number of aryl methyl sites for hydroxylation is 1. The molecule has 0 atom stereocenters. The Bertz CT molecular complexity index is 158. The summed E-state index contributed by atoms with van der Waals surface area (Å²) in [5.74, 6) is 0. The first kappa shape index (κ1) is 7.76. The van der Waals surface area contributed by atoms with Gasteiger partial charge in [0.05, 0.1) is 0 Å². The molecule has 0 aliphatic rings. The van der Waals surface area contributed by atoms with Crippen molar-refractivity contribution in [2.45, 2.75) is 12.8 Å². The van der Waals surface area contributed by atoms with E-state index < -0.39 is 0 Å². The van der Waals surface area contributed by atoms with E-state index in [4.69, 9.17) is 4.74 Å². The van der Waals surface area contributed by atoms with Crippen LogP contribution in [0.5, 0.6) is 0 Å². The third kappa shape index (κ3) is 2.50. The van der Waals surface area contributed by atoms with Crippen LogP contribution in [-0.4, -0.2) is 13.7 Å². The predicted octanol–water partition coefficient (Wildman–Crippen LogP) is 2.33. The highest BCUT2D eigenvalue weighted by Crippen LogP contribution is 2.10. The van der Waals surface area contributed by atoms with Gasteiger partial charge in [0, 0.05) is 18.6 Å². The molecule has 0 spiro atoms. The van der Waals surface area contributed by atoms with E-state index in [-0.39, 0.29) is 0 Å². The maximum absolute atomic E-state index is 4.94. The van der Waals surface area contributed by atoms with Crippen molar-refractivity contribution < 1.29 is 4.74 Å². The van der Waals surface area contributed by atoms with Gasteiger partial charge in [0.25, 0.3) is 0 Å². The summed E-state index contributed by atoms with van der Waals surface area (Å²) in [6, 6.07) is 4.26. The third-order valence-corrected chi connectivity index (χ3v) is 2.29. The summed E-state index contributed by atoms with van der Waals surface area (Å²) in [6.45, 7) is 0.873. The zero-order valence-corrected chi connectivity index (χ0v) is 6.99. The second kappa shape index (κ2) is 4.47. The van der Waals surface area contributed by atoms with Crippen LogP contribution in [0.3, 0.4) is 0 Å². The van der Waals surface area contributed by atoms with Crippen LogP contribution in [0.4, 0.5) is 0 Å². The fourth-order valence-corrected chi connectivity index (χ4v) is 1.60. The third-order valence-electron chi connectivity index (χ3n) is 1.35. The van der Waals surface area contributed by atoms with Crippen LogP contribution in [0.1, 0.15) is 11.3 Å². The van der Waals surface area contributed by atoms with Crippen LogP contribution in [0.25, 0.3) is 0 Å². The van der Waals surface area contributed by atoms with Crippen molar-refractivity contribution in [2.75, 3.05) is 13.7 Å². The largest absolute Gasteiger partial charge is 0.385 e. The minimum Gasteiger partial charge on any atom is -0.385 e. The first-order chi connectivity index (χ1) is 4.93. The highest BCUT2D eigenvalue weighted by atomic mass is 32.1. The fraction of sp³-hybridized carbons (Fsp3) is 0.500. The highest BCUT2D eigenvalue weighted by Gasteiger charge is 1.91. The lowest BCUT2D eigenvalue weighted by Crippen LogP contribution is -1.89. The Hall–Kier alpha value is -0.340. The van der Waals surface area contributed by atoms with Gasteiger partial charge in [-0.2, -0.15) is 0 Å². The SMILES string of the molecule is COCCCc1cccs1. The van der Waals surface area contributed by atoms with Crippen LogP contribution in [0, 0.1) is 0 Å². The van der Waals surface area contributed by atoms with Gasteiger partial charge in [-0.05, 0) is 24.3 Å². The van der Waals surface area contributed by atoms with Gasteiger partial charge in [0.1, 0.15) is 0 Å². The van der Waals surface area contributed by atoms with Gasteiger partial charge in [-0.15, -0.1) is 11.3 Å². The van der Waals surface area contributed by atoms with Gasteiger partial charge < -0.3 is 4.74 Å². The van der Waals surface area contributed by atoms with Gasteiger partial charge in [0.2, 0.25) is 0 Å². The van der Waals surface area contributed by atoms with Gasteiger partial charge in [-0.1, -0.05) is 6.07 Å². The summed E-state index contributed by atoms with van der Waals surface area (Å²) in [7, 11) is 1.74. The Morgan fingerprint density at radius 3 is 3.10 bits per heavy atom. The van der Waals surface area contributed by atoms with Crippen LogP contribution in [-0.2, 0) is 11.2 Å². The van der Waals surface area contributed by atoms with Crippen molar-refractivity contribution in [3.05, 3.63) is 22.4 Å². The topological polar surface area (TPSA) is 9.23 Å². The highest BCUT2D eigenvalue weighted by molar-refractivity contribution is 7.09. The van der Waals surface area contributed by atoms with Gasteiger partial charge in [-0.25, -0.2) is 0 Å². The normalized spacial score (nSPS) is 10.1. The molecule has 1 heterocycles. The summed E-state index contributed by atoms with van der Waals surface area (Å²) in [5.41, 5.74) is 0. The predicted molar refractivity (Wildman–Crippen MR) is 44.5 cm³/mol. The monoisotopic (exact) mass is 156 g/mol. The molecule has 1 rings (SSSR count). The van der Waals surface area contributed by atoms with Crippen LogP contribution in [0.2, 0.25) is 0 Å². The maximum atomic E-state index is 4.94. The lowest BCUT2D eigenvalue weighted by Gasteiger charge is -1.95. The molecule has 1 aromatic heterocycles. The van der Waals surface area contributed by atoms with Gasteiger partial charge >= 0.3 is 0 Å². The lowest BCUT2D eigenvalue weighted by atomic mass is 10.3. The molecule has 0 N–H and O–H groups in total. The molecule has 1 nitrogen and oxygen atoms in total. The summed E-state index contributed by atoms with van der Waals surface area (Å²) < 4.78 is 4.94. The number of ether oxygens (including phenoxy) is 1. The first-order valence-electron chi connectivity index (χ1n) is 3.45. The number of thiophene rings is 1. The van der Waals surface area contributed by atoms with E-state index >= 15 is 0 Å². The average molecular weight is 156 g/mol. The molecule has 0 saturated heterocycles. The average Bonchev–Trinajstić information content (AvgIpc) is 2.41. The molecule has 0 bridgehead atoms. The summed E-state index contributed by atoms with van der Waals surface area (Å²) in [6.07, 6.45) is 2.29. The van der Waals surface area contributed by atoms with E-state index in [0.717, 1.165) is 19.4 Å². The zero-order chi connectivity index (χ0) is 7.23. The van der Waals surface area contributed by atoms with Crippen LogP contribution >= 0.6 is 11.3 Å². The standard InChI is InChI=1S/C8H12OS/c1-9-6-2-4-8-5-3-7-10-8/h3,5,7H,2,4,6H2,1H3. The van der Waals surface area contributed by atoms with E-state index in [0.29, 0.717) is 0 Å². The number of hydrogen-bond donors (Lipinski definition) is 0. The van der Waals surface area contributed by atoms with Crippen molar-refractivity contribution in [1.82, 2.24) is 0 Å². The van der Waals surface area contributed by atoms with E-state index in [9.17, 15) is 0 Å². The van der Waals surface area contributed by atoms with Crippen LogP contribution in [0.15, 0.2) is 17.5 Å². The molecule has 56 valence electrons. The molecule has 0 amide bonds. The van der Waals surface area contributed by atoms with Gasteiger partial charge in [-0.3, -0.25) is 0 Å². The molecule has 0 aliphatic carbocycles. The first-order valence-corrected chi connectivity index (χ1v) is 4.33. The molecule has 0 saturated carbocycles. The quantitative estimate of drug-likeness (QED) is 0.608. The summed E-state index contributed by atoms with van der Waals surface area (Å²) >= 11 is 1.82. The Morgan fingerprint density at radius 1 is 1.60 bits per heavy atom. The molecular formula is C8H12OS. The van der Waals surface area contributed by atoms with E-state index in [1.807, 2.05) is 11.3 Å². The lowest BCUT2D eigenvalue weighted by molar-refractivity contribution is 0.195. The van der Waals surface area contributed by atoms with Gasteiger partial charge in [0.15, 0.2) is 0 Å². The van der Waals surface area contributed by atoms with Crippen molar-refractivity contribution in [3.63, 3.8) is 0 Å². The minimum absolute atomic E-state index is 0.873. The summed E-state index contributed by atoms with van der Waals surface area (Å²) in [5, 5.41) is 2.11. The molecule has 0 fully saturated rings.